The molecule has 0 bridgehead atoms. The van der Waals surface area contributed by atoms with Crippen LogP contribution in [-0.4, -0.2) is 9.55 Å². The third kappa shape index (κ3) is 1.79. The minimum Gasteiger partial charge on any atom is -0.333 e. The normalized spacial score (nSPS) is 9.93. The zero-order chi connectivity index (χ0) is 10.8. The Morgan fingerprint density at radius 1 is 1.40 bits per heavy atom. The summed E-state index contributed by atoms with van der Waals surface area (Å²) < 4.78 is 2.82. The van der Waals surface area contributed by atoms with Gasteiger partial charge in [0, 0.05) is 23.3 Å². The zero-order valence-electron chi connectivity index (χ0n) is 8.11. The van der Waals surface area contributed by atoms with Crippen LogP contribution in [0.3, 0.4) is 0 Å². The smallest absolute Gasteiger partial charge is 0.159 e. The Kier molecular flexibility index (Phi) is 2.57. The Balaban J connectivity index is 2.60. The van der Waals surface area contributed by atoms with E-state index in [2.05, 4.69) is 20.9 Å². The molecule has 0 saturated carbocycles. The molecule has 4 heteroatoms. The summed E-state index contributed by atoms with van der Waals surface area (Å²) in [5, 5.41) is 8.75. The molecule has 0 N–H and O–H groups in total. The summed E-state index contributed by atoms with van der Waals surface area (Å²) in [6.45, 7) is 0. The number of aromatic nitrogens is 2. The van der Waals surface area contributed by atoms with Crippen LogP contribution in [0.5, 0.6) is 0 Å². The quantitative estimate of drug-likeness (QED) is 0.792. The summed E-state index contributed by atoms with van der Waals surface area (Å²) in [4.78, 5) is 4.23. The molecule has 0 fully saturated rings. The minimum atomic E-state index is 0.434. The molecule has 0 saturated heterocycles. The van der Waals surface area contributed by atoms with Crippen molar-refractivity contribution in [3.63, 3.8) is 0 Å². The predicted octanol–water partition coefficient (Wildman–Crippen LogP) is 2.72. The van der Waals surface area contributed by atoms with Crippen LogP contribution in [0.1, 0.15) is 5.69 Å². The summed E-state index contributed by atoms with van der Waals surface area (Å²) in [6.07, 6.45) is 1.72. The molecular formula is C11H8BrN3. The lowest BCUT2D eigenvalue weighted by Gasteiger charge is -2.03. The van der Waals surface area contributed by atoms with Gasteiger partial charge in [0.2, 0.25) is 0 Å². The van der Waals surface area contributed by atoms with Crippen LogP contribution in [0.4, 0.5) is 0 Å². The van der Waals surface area contributed by atoms with Gasteiger partial charge in [-0.2, -0.15) is 5.26 Å². The number of hydrogen-bond acceptors (Lipinski definition) is 2. The first kappa shape index (κ1) is 9.94. The first-order valence-corrected chi connectivity index (χ1v) is 5.20. The van der Waals surface area contributed by atoms with Gasteiger partial charge < -0.3 is 4.57 Å². The van der Waals surface area contributed by atoms with E-state index in [1.165, 1.54) is 0 Å². The molecule has 3 nitrogen and oxygen atoms in total. The molecular weight excluding hydrogens is 254 g/mol. The van der Waals surface area contributed by atoms with E-state index < -0.39 is 0 Å². The Morgan fingerprint density at radius 2 is 2.13 bits per heavy atom. The maximum Gasteiger partial charge on any atom is 0.159 e. The fraction of sp³-hybridized carbons (Fsp3) is 0.0909. The molecule has 0 aliphatic rings. The van der Waals surface area contributed by atoms with Crippen LogP contribution in [0.15, 0.2) is 34.9 Å². The van der Waals surface area contributed by atoms with E-state index >= 15 is 0 Å². The van der Waals surface area contributed by atoms with Gasteiger partial charge in [-0.15, -0.1) is 0 Å². The maximum atomic E-state index is 8.75. The van der Waals surface area contributed by atoms with Gasteiger partial charge >= 0.3 is 0 Å². The number of aryl methyl sites for hydroxylation is 1. The third-order valence-electron chi connectivity index (χ3n) is 2.11. The lowest BCUT2D eigenvalue weighted by atomic mass is 10.2. The average Bonchev–Trinajstić information content (AvgIpc) is 2.60. The second kappa shape index (κ2) is 3.87. The van der Waals surface area contributed by atoms with Gasteiger partial charge in [0.25, 0.3) is 0 Å². The molecule has 0 spiro atoms. The number of imidazole rings is 1. The van der Waals surface area contributed by atoms with Gasteiger partial charge in [0.15, 0.2) is 5.69 Å². The van der Waals surface area contributed by atoms with Crippen molar-refractivity contribution in [2.24, 2.45) is 7.05 Å². The number of halogens is 1. The molecule has 2 rings (SSSR count). The summed E-state index contributed by atoms with van der Waals surface area (Å²) in [6, 6.07) is 9.84. The molecule has 74 valence electrons. The second-order valence-electron chi connectivity index (χ2n) is 3.15. The first-order chi connectivity index (χ1) is 7.22. The monoisotopic (exact) mass is 261 g/mol. The van der Waals surface area contributed by atoms with Crippen molar-refractivity contribution in [1.82, 2.24) is 9.55 Å². The maximum absolute atomic E-state index is 8.75. The Morgan fingerprint density at radius 3 is 2.73 bits per heavy atom. The van der Waals surface area contributed by atoms with Crippen LogP contribution >= 0.6 is 15.9 Å². The molecule has 1 aromatic carbocycles. The molecule has 1 heterocycles. The van der Waals surface area contributed by atoms with Crippen LogP contribution < -0.4 is 0 Å². The highest BCUT2D eigenvalue weighted by molar-refractivity contribution is 9.10. The topological polar surface area (TPSA) is 41.6 Å². The van der Waals surface area contributed by atoms with Gasteiger partial charge in [-0.1, -0.05) is 34.1 Å². The minimum absolute atomic E-state index is 0.434. The molecule has 15 heavy (non-hydrogen) atoms. The number of benzene rings is 1. The molecule has 1 aromatic heterocycles. The van der Waals surface area contributed by atoms with E-state index in [1.54, 1.807) is 6.20 Å². The number of nitrogens with zero attached hydrogens (tertiary/aromatic N) is 3. The number of nitriles is 1. The Hall–Kier alpha value is -1.60. The highest BCUT2D eigenvalue weighted by Gasteiger charge is 2.09. The lowest BCUT2D eigenvalue weighted by Crippen LogP contribution is -1.91. The SMILES string of the molecule is Cn1cc(C#N)nc1-c1ccccc1Br. The van der Waals surface area contributed by atoms with E-state index in [1.807, 2.05) is 41.9 Å². The standard InChI is InChI=1S/C11H8BrN3/c1-15-7-8(6-13)14-11(15)9-4-2-3-5-10(9)12/h2-5,7H,1H3. The fourth-order valence-electron chi connectivity index (χ4n) is 1.41. The molecule has 0 unspecified atom stereocenters. The van der Waals surface area contributed by atoms with Gasteiger partial charge in [-0.05, 0) is 6.07 Å². The van der Waals surface area contributed by atoms with Crippen molar-refractivity contribution in [2.75, 3.05) is 0 Å². The molecule has 0 atom stereocenters. The van der Waals surface area contributed by atoms with Gasteiger partial charge in [-0.3, -0.25) is 0 Å². The van der Waals surface area contributed by atoms with Crippen molar-refractivity contribution in [3.8, 4) is 17.5 Å². The fourth-order valence-corrected chi connectivity index (χ4v) is 1.88. The summed E-state index contributed by atoms with van der Waals surface area (Å²) >= 11 is 3.46. The highest BCUT2D eigenvalue weighted by Crippen LogP contribution is 2.26. The summed E-state index contributed by atoms with van der Waals surface area (Å²) in [7, 11) is 1.88. The molecule has 0 aliphatic heterocycles. The van der Waals surface area contributed by atoms with Crippen molar-refractivity contribution in [3.05, 3.63) is 40.6 Å². The average molecular weight is 262 g/mol. The largest absolute Gasteiger partial charge is 0.333 e. The lowest BCUT2D eigenvalue weighted by molar-refractivity contribution is 0.924. The van der Waals surface area contributed by atoms with Gasteiger partial charge in [0.05, 0.1) is 0 Å². The molecule has 0 radical (unpaired) electrons. The summed E-state index contributed by atoms with van der Waals surface area (Å²) in [5.74, 6) is 0.791. The van der Waals surface area contributed by atoms with Crippen LogP contribution in [0.2, 0.25) is 0 Å². The number of hydrogen-bond donors (Lipinski definition) is 0. The van der Waals surface area contributed by atoms with Crippen molar-refractivity contribution in [1.29, 1.82) is 5.26 Å². The van der Waals surface area contributed by atoms with Gasteiger partial charge in [-0.25, -0.2) is 4.98 Å². The van der Waals surface area contributed by atoms with Crippen molar-refractivity contribution in [2.45, 2.75) is 0 Å². The first-order valence-electron chi connectivity index (χ1n) is 4.40. The van der Waals surface area contributed by atoms with E-state index in [-0.39, 0.29) is 0 Å². The predicted molar refractivity (Wildman–Crippen MR) is 61.1 cm³/mol. The van der Waals surface area contributed by atoms with Crippen LogP contribution in [0.25, 0.3) is 11.4 Å². The second-order valence-corrected chi connectivity index (χ2v) is 4.01. The van der Waals surface area contributed by atoms with E-state index in [0.717, 1.165) is 15.9 Å². The highest BCUT2D eigenvalue weighted by atomic mass is 79.9. The summed E-state index contributed by atoms with van der Waals surface area (Å²) in [5.41, 5.74) is 1.42. The Labute approximate surface area is 96.1 Å². The van der Waals surface area contributed by atoms with Gasteiger partial charge in [0.1, 0.15) is 11.9 Å². The van der Waals surface area contributed by atoms with E-state index in [4.69, 9.17) is 5.26 Å². The Bertz CT molecular complexity index is 537. The third-order valence-corrected chi connectivity index (χ3v) is 2.80. The molecule has 0 amide bonds. The van der Waals surface area contributed by atoms with E-state index in [0.29, 0.717) is 5.69 Å². The van der Waals surface area contributed by atoms with Crippen molar-refractivity contribution < 1.29 is 0 Å². The molecule has 2 aromatic rings. The van der Waals surface area contributed by atoms with Crippen LogP contribution in [0, 0.1) is 11.3 Å². The number of rotatable bonds is 1. The zero-order valence-corrected chi connectivity index (χ0v) is 9.69. The van der Waals surface area contributed by atoms with Crippen molar-refractivity contribution >= 4 is 15.9 Å². The molecule has 0 aliphatic carbocycles. The van der Waals surface area contributed by atoms with Crippen LogP contribution in [-0.2, 0) is 7.05 Å². The van der Waals surface area contributed by atoms with E-state index in [9.17, 15) is 0 Å².